The summed E-state index contributed by atoms with van der Waals surface area (Å²) in [6.45, 7) is 0.572. The van der Waals surface area contributed by atoms with Gasteiger partial charge in [0.05, 0.1) is 12.7 Å². The molecular formula is C13H12N6O2. The zero-order valence-electron chi connectivity index (χ0n) is 11.2. The summed E-state index contributed by atoms with van der Waals surface area (Å²) >= 11 is 0. The fraction of sp³-hybridized carbons (Fsp3) is 0.154. The normalized spacial score (nSPS) is 10.5. The first-order valence-corrected chi connectivity index (χ1v) is 6.23. The number of esters is 1. The molecule has 0 saturated carbocycles. The molecule has 3 aromatic rings. The Hall–Kier alpha value is -3.03. The fourth-order valence-corrected chi connectivity index (χ4v) is 1.81. The largest absolute Gasteiger partial charge is 0.465 e. The van der Waals surface area contributed by atoms with E-state index in [1.54, 1.807) is 24.3 Å². The topological polar surface area (TPSA) is 94.3 Å². The molecule has 1 aromatic carbocycles. The van der Waals surface area contributed by atoms with Crippen molar-refractivity contribution in [3.8, 4) is 0 Å². The molecule has 1 N–H and O–H groups in total. The molecule has 0 amide bonds. The first-order valence-electron chi connectivity index (χ1n) is 6.23. The van der Waals surface area contributed by atoms with Gasteiger partial charge in [-0.25, -0.2) is 4.79 Å². The number of nitrogens with one attached hydrogen (secondary N) is 1. The lowest BCUT2D eigenvalue weighted by Gasteiger charge is -2.06. The third-order valence-corrected chi connectivity index (χ3v) is 2.92. The predicted octanol–water partition coefficient (Wildman–Crippen LogP) is 0.918. The molecule has 2 aromatic heterocycles. The second-order valence-electron chi connectivity index (χ2n) is 4.29. The van der Waals surface area contributed by atoms with Crippen molar-refractivity contribution in [3.63, 3.8) is 0 Å². The summed E-state index contributed by atoms with van der Waals surface area (Å²) in [4.78, 5) is 11.3. The van der Waals surface area contributed by atoms with E-state index in [0.717, 1.165) is 5.56 Å². The van der Waals surface area contributed by atoms with Crippen LogP contribution in [0.5, 0.6) is 0 Å². The highest BCUT2D eigenvalue weighted by atomic mass is 16.5. The van der Waals surface area contributed by atoms with Crippen LogP contribution >= 0.6 is 0 Å². The van der Waals surface area contributed by atoms with Gasteiger partial charge in [0.15, 0.2) is 5.65 Å². The second-order valence-corrected chi connectivity index (χ2v) is 4.29. The molecule has 2 heterocycles. The van der Waals surface area contributed by atoms with E-state index >= 15 is 0 Å². The number of ether oxygens (including phenoxy) is 1. The van der Waals surface area contributed by atoms with Crippen molar-refractivity contribution in [2.45, 2.75) is 6.54 Å². The molecular weight excluding hydrogens is 272 g/mol. The minimum Gasteiger partial charge on any atom is -0.465 e. The average molecular weight is 284 g/mol. The lowest BCUT2D eigenvalue weighted by atomic mass is 10.1. The Morgan fingerprint density at radius 1 is 1.24 bits per heavy atom. The average Bonchev–Trinajstić information content (AvgIpc) is 3.00. The van der Waals surface area contributed by atoms with Gasteiger partial charge in [-0.2, -0.15) is 0 Å². The third-order valence-electron chi connectivity index (χ3n) is 2.92. The SMILES string of the molecule is COC(=O)c1ccc(CNc2ccc3nnnn3n2)cc1. The minimum absolute atomic E-state index is 0.347. The molecule has 0 aliphatic heterocycles. The lowest BCUT2D eigenvalue weighted by molar-refractivity contribution is 0.0600. The van der Waals surface area contributed by atoms with Gasteiger partial charge in [-0.15, -0.1) is 14.8 Å². The number of benzene rings is 1. The molecule has 0 unspecified atom stereocenters. The van der Waals surface area contributed by atoms with Gasteiger partial charge in [0.2, 0.25) is 0 Å². The smallest absolute Gasteiger partial charge is 0.337 e. The van der Waals surface area contributed by atoms with Gasteiger partial charge in [0.1, 0.15) is 5.82 Å². The van der Waals surface area contributed by atoms with Gasteiger partial charge in [-0.05, 0) is 40.3 Å². The predicted molar refractivity (Wildman–Crippen MR) is 73.7 cm³/mol. The van der Waals surface area contributed by atoms with Crippen molar-refractivity contribution in [1.82, 2.24) is 25.3 Å². The molecule has 0 radical (unpaired) electrons. The molecule has 0 atom stereocenters. The Morgan fingerprint density at radius 2 is 2.05 bits per heavy atom. The summed E-state index contributed by atoms with van der Waals surface area (Å²) in [7, 11) is 1.36. The van der Waals surface area contributed by atoms with Gasteiger partial charge in [0, 0.05) is 6.54 Å². The number of carbonyl (C=O) groups excluding carboxylic acids is 1. The molecule has 0 aliphatic rings. The summed E-state index contributed by atoms with van der Waals surface area (Å²) in [5.74, 6) is 0.312. The summed E-state index contributed by atoms with van der Waals surface area (Å²) in [5, 5.41) is 18.4. The third kappa shape index (κ3) is 2.78. The highest BCUT2D eigenvalue weighted by Gasteiger charge is 2.05. The number of rotatable bonds is 4. The van der Waals surface area contributed by atoms with Gasteiger partial charge >= 0.3 is 5.97 Å². The van der Waals surface area contributed by atoms with Crippen LogP contribution in [-0.4, -0.2) is 38.3 Å². The molecule has 0 spiro atoms. The molecule has 0 aliphatic carbocycles. The fourth-order valence-electron chi connectivity index (χ4n) is 1.81. The molecule has 3 rings (SSSR count). The molecule has 8 nitrogen and oxygen atoms in total. The van der Waals surface area contributed by atoms with E-state index in [0.29, 0.717) is 23.6 Å². The second kappa shape index (κ2) is 5.53. The highest BCUT2D eigenvalue weighted by Crippen LogP contribution is 2.09. The van der Waals surface area contributed by atoms with E-state index in [1.807, 2.05) is 12.1 Å². The van der Waals surface area contributed by atoms with Crippen LogP contribution in [0.1, 0.15) is 15.9 Å². The number of carbonyl (C=O) groups is 1. The summed E-state index contributed by atoms with van der Waals surface area (Å²) in [5.41, 5.74) is 2.12. The quantitative estimate of drug-likeness (QED) is 0.712. The molecule has 0 fully saturated rings. The van der Waals surface area contributed by atoms with Crippen molar-refractivity contribution in [2.75, 3.05) is 12.4 Å². The molecule has 0 bridgehead atoms. The van der Waals surface area contributed by atoms with Crippen LogP contribution in [0.15, 0.2) is 36.4 Å². The minimum atomic E-state index is -0.347. The number of aromatic nitrogens is 5. The van der Waals surface area contributed by atoms with Crippen LogP contribution in [0.3, 0.4) is 0 Å². The van der Waals surface area contributed by atoms with E-state index in [-0.39, 0.29) is 5.97 Å². The Bertz CT molecular complexity index is 768. The molecule has 21 heavy (non-hydrogen) atoms. The van der Waals surface area contributed by atoms with Crippen LogP contribution < -0.4 is 5.32 Å². The number of hydrogen-bond donors (Lipinski definition) is 1. The van der Waals surface area contributed by atoms with Crippen molar-refractivity contribution >= 4 is 17.4 Å². The first-order chi connectivity index (χ1) is 10.3. The number of nitrogens with zero attached hydrogens (tertiary/aromatic N) is 5. The van der Waals surface area contributed by atoms with Gasteiger partial charge in [-0.3, -0.25) is 0 Å². The maximum atomic E-state index is 11.3. The monoisotopic (exact) mass is 284 g/mol. The van der Waals surface area contributed by atoms with E-state index in [1.165, 1.54) is 11.7 Å². The maximum absolute atomic E-state index is 11.3. The number of tetrazole rings is 1. The Morgan fingerprint density at radius 3 is 2.81 bits per heavy atom. The number of methoxy groups -OCH3 is 1. The number of anilines is 1. The molecule has 106 valence electrons. The Balaban J connectivity index is 1.67. The standard InChI is InChI=1S/C13H12N6O2/c1-21-13(20)10-4-2-9(3-5-10)8-14-11-6-7-12-15-17-18-19(12)16-11/h2-7H,8H2,1H3,(H,14,16). The van der Waals surface area contributed by atoms with Gasteiger partial charge in [-0.1, -0.05) is 12.1 Å². The summed E-state index contributed by atoms with van der Waals surface area (Å²) < 4.78 is 6.00. The van der Waals surface area contributed by atoms with Crippen LogP contribution in [0, 0.1) is 0 Å². The van der Waals surface area contributed by atoms with E-state index in [4.69, 9.17) is 0 Å². The van der Waals surface area contributed by atoms with Crippen LogP contribution in [0.25, 0.3) is 5.65 Å². The van der Waals surface area contributed by atoms with Gasteiger partial charge in [0.25, 0.3) is 0 Å². The van der Waals surface area contributed by atoms with E-state index in [2.05, 4.69) is 30.7 Å². The van der Waals surface area contributed by atoms with Crippen molar-refractivity contribution < 1.29 is 9.53 Å². The lowest BCUT2D eigenvalue weighted by Crippen LogP contribution is -2.05. The van der Waals surface area contributed by atoms with Crippen LogP contribution in [0.2, 0.25) is 0 Å². The zero-order chi connectivity index (χ0) is 14.7. The summed E-state index contributed by atoms with van der Waals surface area (Å²) in [6, 6.07) is 10.7. The number of hydrogen-bond acceptors (Lipinski definition) is 7. The van der Waals surface area contributed by atoms with Gasteiger partial charge < -0.3 is 10.1 Å². The Labute approximate surface area is 119 Å². The highest BCUT2D eigenvalue weighted by molar-refractivity contribution is 5.89. The molecule has 8 heteroatoms. The summed E-state index contributed by atoms with van der Waals surface area (Å²) in [6.07, 6.45) is 0. The van der Waals surface area contributed by atoms with Crippen molar-refractivity contribution in [3.05, 3.63) is 47.5 Å². The molecule has 0 saturated heterocycles. The number of fused-ring (bicyclic) bond motifs is 1. The Kier molecular flexibility index (Phi) is 3.42. The van der Waals surface area contributed by atoms with Crippen molar-refractivity contribution in [2.24, 2.45) is 0 Å². The maximum Gasteiger partial charge on any atom is 0.337 e. The van der Waals surface area contributed by atoms with Crippen LogP contribution in [-0.2, 0) is 11.3 Å². The van der Waals surface area contributed by atoms with E-state index in [9.17, 15) is 4.79 Å². The van der Waals surface area contributed by atoms with E-state index < -0.39 is 0 Å². The first kappa shape index (κ1) is 13.0. The van der Waals surface area contributed by atoms with Crippen LogP contribution in [0.4, 0.5) is 5.82 Å². The van der Waals surface area contributed by atoms with Crippen molar-refractivity contribution in [1.29, 1.82) is 0 Å². The zero-order valence-corrected chi connectivity index (χ0v) is 11.2.